The Labute approximate surface area is 90.2 Å². The molecule has 0 fully saturated rings. The molecule has 0 atom stereocenters. The molecule has 0 unspecified atom stereocenters. The summed E-state index contributed by atoms with van der Waals surface area (Å²) in [6.45, 7) is 5.31. The largest absolute Gasteiger partial charge is 0.496 e. The molecule has 82 valence electrons. The van der Waals surface area contributed by atoms with E-state index in [0.717, 1.165) is 5.56 Å². The molecule has 15 heavy (non-hydrogen) atoms. The summed E-state index contributed by atoms with van der Waals surface area (Å²) in [4.78, 5) is 12.0. The number of carbonyl (C=O) groups excluding carboxylic acids is 1. The van der Waals surface area contributed by atoms with Gasteiger partial charge in [0.25, 0.3) is 0 Å². The van der Waals surface area contributed by atoms with Gasteiger partial charge in [-0.05, 0) is 32.9 Å². The third kappa shape index (κ3) is 2.57. The Kier molecular flexibility index (Phi) is 3.15. The van der Waals surface area contributed by atoms with Crippen molar-refractivity contribution in [3.63, 3.8) is 0 Å². The molecule has 0 aromatic heterocycles. The Bertz CT molecular complexity index is 378. The van der Waals surface area contributed by atoms with Crippen molar-refractivity contribution < 1.29 is 9.53 Å². The smallest absolute Gasteiger partial charge is 0.185 e. The highest BCUT2D eigenvalue weighted by Crippen LogP contribution is 2.23. The highest BCUT2D eigenvalue weighted by molar-refractivity contribution is 6.04. The van der Waals surface area contributed by atoms with Crippen LogP contribution < -0.4 is 10.5 Å². The minimum atomic E-state index is -0.874. The Hall–Kier alpha value is -1.35. The van der Waals surface area contributed by atoms with E-state index in [0.29, 0.717) is 11.3 Å². The predicted octanol–water partition coefficient (Wildman–Crippen LogP) is 1.92. The molecule has 1 aromatic rings. The highest BCUT2D eigenvalue weighted by atomic mass is 16.5. The first-order valence-electron chi connectivity index (χ1n) is 4.84. The fourth-order valence-corrected chi connectivity index (χ4v) is 1.35. The van der Waals surface area contributed by atoms with Crippen molar-refractivity contribution >= 4 is 5.78 Å². The summed E-state index contributed by atoms with van der Waals surface area (Å²) in [5.41, 5.74) is 6.47. The van der Waals surface area contributed by atoms with E-state index in [4.69, 9.17) is 10.5 Å². The maximum Gasteiger partial charge on any atom is 0.185 e. The number of nitrogens with two attached hydrogens (primary N) is 1. The van der Waals surface area contributed by atoms with Crippen LogP contribution in [0.3, 0.4) is 0 Å². The van der Waals surface area contributed by atoms with Crippen molar-refractivity contribution in [1.82, 2.24) is 0 Å². The molecule has 0 saturated carbocycles. The van der Waals surface area contributed by atoms with Crippen LogP contribution in [0.15, 0.2) is 18.2 Å². The van der Waals surface area contributed by atoms with Crippen molar-refractivity contribution in [3.05, 3.63) is 29.3 Å². The van der Waals surface area contributed by atoms with E-state index < -0.39 is 5.54 Å². The van der Waals surface area contributed by atoms with Crippen molar-refractivity contribution in [3.8, 4) is 5.75 Å². The molecular formula is C12H17NO2. The Morgan fingerprint density at radius 2 is 2.00 bits per heavy atom. The van der Waals surface area contributed by atoms with Gasteiger partial charge in [0.2, 0.25) is 0 Å². The van der Waals surface area contributed by atoms with Crippen LogP contribution in [0.1, 0.15) is 29.8 Å². The molecule has 0 heterocycles. The number of hydrogen-bond donors (Lipinski definition) is 1. The first kappa shape index (κ1) is 11.7. The van der Waals surface area contributed by atoms with Gasteiger partial charge in [-0.15, -0.1) is 0 Å². The van der Waals surface area contributed by atoms with Gasteiger partial charge >= 0.3 is 0 Å². The molecule has 0 aliphatic carbocycles. The molecule has 3 heteroatoms. The van der Waals surface area contributed by atoms with Crippen LogP contribution in [0.4, 0.5) is 0 Å². The summed E-state index contributed by atoms with van der Waals surface area (Å²) in [6, 6.07) is 5.49. The topological polar surface area (TPSA) is 52.3 Å². The number of ketones is 1. The van der Waals surface area contributed by atoms with Gasteiger partial charge in [0.1, 0.15) is 5.75 Å². The standard InChI is InChI=1S/C12H17NO2/c1-8-5-6-10(15-4)9(7-8)11(14)12(2,3)13/h5-7H,13H2,1-4H3. The number of benzene rings is 1. The number of aryl methyl sites for hydroxylation is 1. The quantitative estimate of drug-likeness (QED) is 0.770. The van der Waals surface area contributed by atoms with Gasteiger partial charge in [-0.1, -0.05) is 11.6 Å². The highest BCUT2D eigenvalue weighted by Gasteiger charge is 2.26. The van der Waals surface area contributed by atoms with Crippen LogP contribution in [-0.4, -0.2) is 18.4 Å². The maximum atomic E-state index is 12.0. The molecule has 0 radical (unpaired) electrons. The van der Waals surface area contributed by atoms with Gasteiger partial charge < -0.3 is 10.5 Å². The second kappa shape index (κ2) is 4.03. The van der Waals surface area contributed by atoms with Crippen LogP contribution in [0.25, 0.3) is 0 Å². The SMILES string of the molecule is COc1ccc(C)cc1C(=O)C(C)(C)N. The predicted molar refractivity (Wildman–Crippen MR) is 60.3 cm³/mol. The summed E-state index contributed by atoms with van der Waals surface area (Å²) in [5, 5.41) is 0. The lowest BCUT2D eigenvalue weighted by atomic mass is 9.93. The van der Waals surface area contributed by atoms with Crippen molar-refractivity contribution in [2.24, 2.45) is 5.73 Å². The van der Waals surface area contributed by atoms with E-state index in [2.05, 4.69) is 0 Å². The number of carbonyl (C=O) groups is 1. The van der Waals surface area contributed by atoms with Crippen molar-refractivity contribution in [1.29, 1.82) is 0 Å². The van der Waals surface area contributed by atoms with E-state index in [-0.39, 0.29) is 5.78 Å². The molecule has 2 N–H and O–H groups in total. The fourth-order valence-electron chi connectivity index (χ4n) is 1.35. The van der Waals surface area contributed by atoms with Crippen molar-refractivity contribution in [2.75, 3.05) is 7.11 Å². The summed E-state index contributed by atoms with van der Waals surface area (Å²) >= 11 is 0. The van der Waals surface area contributed by atoms with Gasteiger partial charge in [0.15, 0.2) is 5.78 Å². The van der Waals surface area contributed by atoms with Crippen LogP contribution in [0, 0.1) is 6.92 Å². The minimum Gasteiger partial charge on any atom is -0.496 e. The minimum absolute atomic E-state index is 0.108. The summed E-state index contributed by atoms with van der Waals surface area (Å²) in [7, 11) is 1.55. The lowest BCUT2D eigenvalue weighted by Crippen LogP contribution is -2.41. The zero-order valence-electron chi connectivity index (χ0n) is 9.63. The Balaban J connectivity index is 3.23. The van der Waals surface area contributed by atoms with Crippen LogP contribution in [0.2, 0.25) is 0 Å². The summed E-state index contributed by atoms with van der Waals surface area (Å²) in [5.74, 6) is 0.465. The monoisotopic (exact) mass is 207 g/mol. The zero-order valence-corrected chi connectivity index (χ0v) is 9.63. The molecular weight excluding hydrogens is 190 g/mol. The van der Waals surface area contributed by atoms with Crippen LogP contribution in [0.5, 0.6) is 5.75 Å². The third-order valence-corrected chi connectivity index (χ3v) is 2.18. The lowest BCUT2D eigenvalue weighted by molar-refractivity contribution is 0.0910. The lowest BCUT2D eigenvalue weighted by Gasteiger charge is -2.18. The molecule has 1 aromatic carbocycles. The molecule has 0 bridgehead atoms. The Morgan fingerprint density at radius 1 is 1.40 bits per heavy atom. The second-order valence-corrected chi connectivity index (χ2v) is 4.25. The summed E-state index contributed by atoms with van der Waals surface area (Å²) in [6.07, 6.45) is 0. The number of hydrogen-bond acceptors (Lipinski definition) is 3. The van der Waals surface area contributed by atoms with E-state index in [1.165, 1.54) is 0 Å². The van der Waals surface area contributed by atoms with Gasteiger partial charge in [-0.3, -0.25) is 4.79 Å². The molecule has 0 saturated heterocycles. The Morgan fingerprint density at radius 3 is 2.47 bits per heavy atom. The van der Waals surface area contributed by atoms with Gasteiger partial charge in [0.05, 0.1) is 18.2 Å². The zero-order chi connectivity index (χ0) is 11.6. The third-order valence-electron chi connectivity index (χ3n) is 2.18. The van der Waals surface area contributed by atoms with Crippen molar-refractivity contribution in [2.45, 2.75) is 26.3 Å². The molecule has 0 amide bonds. The normalized spacial score (nSPS) is 11.3. The molecule has 0 spiro atoms. The van der Waals surface area contributed by atoms with E-state index in [1.807, 2.05) is 13.0 Å². The average molecular weight is 207 g/mol. The average Bonchev–Trinajstić information content (AvgIpc) is 2.15. The number of methoxy groups -OCH3 is 1. The fraction of sp³-hybridized carbons (Fsp3) is 0.417. The van der Waals surface area contributed by atoms with Gasteiger partial charge in [0, 0.05) is 0 Å². The second-order valence-electron chi connectivity index (χ2n) is 4.25. The van der Waals surface area contributed by atoms with E-state index in [1.54, 1.807) is 33.1 Å². The molecule has 1 rings (SSSR count). The first-order valence-corrected chi connectivity index (χ1v) is 4.84. The van der Waals surface area contributed by atoms with Gasteiger partial charge in [-0.25, -0.2) is 0 Å². The molecule has 0 aliphatic heterocycles. The maximum absolute atomic E-state index is 12.0. The van der Waals surface area contributed by atoms with Crippen LogP contribution in [-0.2, 0) is 0 Å². The summed E-state index contributed by atoms with van der Waals surface area (Å²) < 4.78 is 5.14. The van der Waals surface area contributed by atoms with E-state index >= 15 is 0 Å². The number of rotatable bonds is 3. The van der Waals surface area contributed by atoms with Crippen LogP contribution >= 0.6 is 0 Å². The molecule has 0 aliphatic rings. The van der Waals surface area contributed by atoms with E-state index in [9.17, 15) is 4.79 Å². The number of ether oxygens (including phenoxy) is 1. The number of Topliss-reactive ketones (excluding diaryl/α,β-unsaturated/α-hetero) is 1. The molecule has 3 nitrogen and oxygen atoms in total. The van der Waals surface area contributed by atoms with Gasteiger partial charge in [-0.2, -0.15) is 0 Å². The first-order chi connectivity index (χ1) is 6.86.